The van der Waals surface area contributed by atoms with Crippen LogP contribution in [0.2, 0.25) is 0 Å². The first-order valence-electron chi connectivity index (χ1n) is 11.3. The molecular formula is C26H27N5O2. The minimum atomic E-state index is -0.326. The summed E-state index contributed by atoms with van der Waals surface area (Å²) in [6, 6.07) is 13.4. The Morgan fingerprint density at radius 2 is 1.97 bits per heavy atom. The van der Waals surface area contributed by atoms with Crippen LogP contribution in [0, 0.1) is 6.92 Å². The fraction of sp³-hybridized carbons (Fsp3) is 0.308. The third-order valence-electron chi connectivity index (χ3n) is 6.37. The number of ether oxygens (including phenoxy) is 1. The van der Waals surface area contributed by atoms with Gasteiger partial charge in [-0.15, -0.1) is 0 Å². The smallest absolute Gasteiger partial charge is 0.339 e. The van der Waals surface area contributed by atoms with Crippen molar-refractivity contribution in [2.24, 2.45) is 5.73 Å². The van der Waals surface area contributed by atoms with Gasteiger partial charge in [-0.2, -0.15) is 0 Å². The number of hydrogen-bond acceptors (Lipinski definition) is 6. The lowest BCUT2D eigenvalue weighted by Crippen LogP contribution is -2.42. The number of aryl methyl sites for hydroxylation is 1. The number of imidazole rings is 1. The van der Waals surface area contributed by atoms with Crippen molar-refractivity contribution in [3.63, 3.8) is 0 Å². The standard InChI is InChI=1S/C26H27N5O2/c1-16-4-3-5-22(31-16)24-23(29-15-30-24)17-6-7-21-20(14-17)19(10-13-28-21)25(32)33-18-8-11-26(2,27)12-9-18/h3-7,10,13-15,18H,8-9,11-12,27H2,1-2H3,(H,29,30). The number of hydrogen-bond donors (Lipinski definition) is 2. The van der Waals surface area contributed by atoms with Gasteiger partial charge in [0.05, 0.1) is 34.5 Å². The number of nitrogens with zero attached hydrogens (tertiary/aromatic N) is 3. The number of H-pyrrole nitrogens is 1. The van der Waals surface area contributed by atoms with Gasteiger partial charge in [-0.25, -0.2) is 9.78 Å². The highest BCUT2D eigenvalue weighted by atomic mass is 16.5. The molecular weight excluding hydrogens is 414 g/mol. The molecule has 1 aromatic carbocycles. The Morgan fingerprint density at radius 3 is 2.76 bits per heavy atom. The first-order valence-corrected chi connectivity index (χ1v) is 11.3. The fourth-order valence-electron chi connectivity index (χ4n) is 4.45. The van der Waals surface area contributed by atoms with Crippen molar-refractivity contribution in [3.8, 4) is 22.6 Å². The zero-order valence-electron chi connectivity index (χ0n) is 18.8. The van der Waals surface area contributed by atoms with Crippen molar-refractivity contribution in [2.75, 3.05) is 0 Å². The summed E-state index contributed by atoms with van der Waals surface area (Å²) >= 11 is 0. The molecule has 7 nitrogen and oxygen atoms in total. The van der Waals surface area contributed by atoms with E-state index in [2.05, 4.69) is 26.9 Å². The van der Waals surface area contributed by atoms with E-state index in [1.165, 1.54) is 0 Å². The molecule has 168 valence electrons. The monoisotopic (exact) mass is 441 g/mol. The maximum Gasteiger partial charge on any atom is 0.339 e. The third-order valence-corrected chi connectivity index (χ3v) is 6.37. The summed E-state index contributed by atoms with van der Waals surface area (Å²) in [6.45, 7) is 4.01. The molecule has 3 heterocycles. The molecule has 0 atom stereocenters. The molecule has 0 aliphatic heterocycles. The molecule has 1 aliphatic carbocycles. The molecule has 1 aliphatic rings. The van der Waals surface area contributed by atoms with Gasteiger partial charge in [-0.1, -0.05) is 12.1 Å². The topological polar surface area (TPSA) is 107 Å². The van der Waals surface area contributed by atoms with Crippen LogP contribution in [-0.2, 0) is 4.74 Å². The molecule has 1 saturated carbocycles. The van der Waals surface area contributed by atoms with Crippen molar-refractivity contribution >= 4 is 16.9 Å². The Hall–Kier alpha value is -3.58. The van der Waals surface area contributed by atoms with Crippen LogP contribution in [0.15, 0.2) is 55.0 Å². The molecule has 4 aromatic rings. The van der Waals surface area contributed by atoms with E-state index in [0.29, 0.717) is 5.56 Å². The van der Waals surface area contributed by atoms with Crippen LogP contribution in [0.25, 0.3) is 33.5 Å². The number of aromatic amines is 1. The molecule has 3 N–H and O–H groups in total. The van der Waals surface area contributed by atoms with Crippen LogP contribution in [0.3, 0.4) is 0 Å². The van der Waals surface area contributed by atoms with Crippen LogP contribution in [0.1, 0.15) is 48.7 Å². The zero-order valence-corrected chi connectivity index (χ0v) is 18.8. The number of nitrogens with one attached hydrogen (secondary N) is 1. The van der Waals surface area contributed by atoms with Gasteiger partial charge in [-0.05, 0) is 69.9 Å². The molecule has 7 heteroatoms. The Balaban J connectivity index is 1.48. The van der Waals surface area contributed by atoms with E-state index in [1.807, 2.05) is 43.3 Å². The van der Waals surface area contributed by atoms with Crippen molar-refractivity contribution in [1.82, 2.24) is 19.9 Å². The number of aromatic nitrogens is 4. The minimum absolute atomic E-state index is 0.106. The van der Waals surface area contributed by atoms with E-state index >= 15 is 0 Å². The normalized spacial score (nSPS) is 20.6. The highest BCUT2D eigenvalue weighted by molar-refractivity contribution is 6.04. The molecule has 33 heavy (non-hydrogen) atoms. The van der Waals surface area contributed by atoms with Gasteiger partial charge in [0.15, 0.2) is 0 Å². The Morgan fingerprint density at radius 1 is 1.15 bits per heavy atom. The van der Waals surface area contributed by atoms with E-state index in [1.54, 1.807) is 18.6 Å². The van der Waals surface area contributed by atoms with Crippen LogP contribution in [0.4, 0.5) is 0 Å². The summed E-state index contributed by atoms with van der Waals surface area (Å²) in [7, 11) is 0. The Labute approximate surface area is 192 Å². The van der Waals surface area contributed by atoms with E-state index in [-0.39, 0.29) is 17.6 Å². The van der Waals surface area contributed by atoms with E-state index in [4.69, 9.17) is 10.5 Å². The summed E-state index contributed by atoms with van der Waals surface area (Å²) in [5.41, 5.74) is 11.5. The van der Waals surface area contributed by atoms with Crippen molar-refractivity contribution in [1.29, 1.82) is 0 Å². The van der Waals surface area contributed by atoms with Crippen LogP contribution in [0.5, 0.6) is 0 Å². The summed E-state index contributed by atoms with van der Waals surface area (Å²) in [6.07, 6.45) is 6.46. The van der Waals surface area contributed by atoms with Crippen LogP contribution >= 0.6 is 0 Å². The number of rotatable bonds is 4. The second kappa shape index (κ2) is 8.41. The van der Waals surface area contributed by atoms with E-state index < -0.39 is 0 Å². The average Bonchev–Trinajstić information content (AvgIpc) is 3.30. The summed E-state index contributed by atoms with van der Waals surface area (Å²) in [5, 5.41) is 0.741. The lowest BCUT2D eigenvalue weighted by Gasteiger charge is -2.33. The quantitative estimate of drug-likeness (QED) is 0.440. The molecule has 0 unspecified atom stereocenters. The molecule has 0 amide bonds. The van der Waals surface area contributed by atoms with Gasteiger partial charge in [0, 0.05) is 28.4 Å². The SMILES string of the molecule is Cc1cccc(-c2[nH]cnc2-c2ccc3nccc(C(=O)OC4CCC(C)(N)CC4)c3c2)n1. The van der Waals surface area contributed by atoms with Crippen LogP contribution < -0.4 is 5.73 Å². The largest absolute Gasteiger partial charge is 0.459 e. The number of benzene rings is 1. The van der Waals surface area contributed by atoms with Crippen molar-refractivity contribution < 1.29 is 9.53 Å². The molecule has 0 radical (unpaired) electrons. The van der Waals surface area contributed by atoms with Gasteiger partial charge < -0.3 is 15.5 Å². The summed E-state index contributed by atoms with van der Waals surface area (Å²) in [4.78, 5) is 29.9. The fourth-order valence-corrected chi connectivity index (χ4v) is 4.45. The number of esters is 1. The number of nitrogens with two attached hydrogens (primary N) is 1. The van der Waals surface area contributed by atoms with Gasteiger partial charge in [0.2, 0.25) is 0 Å². The van der Waals surface area contributed by atoms with Gasteiger partial charge >= 0.3 is 5.97 Å². The average molecular weight is 442 g/mol. The summed E-state index contributed by atoms with van der Waals surface area (Å²) < 4.78 is 5.86. The first-order chi connectivity index (χ1) is 15.9. The zero-order chi connectivity index (χ0) is 23.0. The van der Waals surface area contributed by atoms with Gasteiger partial charge in [-0.3, -0.25) is 9.97 Å². The molecule has 3 aromatic heterocycles. The number of fused-ring (bicyclic) bond motifs is 1. The second-order valence-corrected chi connectivity index (χ2v) is 9.14. The highest BCUT2D eigenvalue weighted by Crippen LogP contribution is 2.32. The molecule has 0 bridgehead atoms. The van der Waals surface area contributed by atoms with Crippen molar-refractivity contribution in [2.45, 2.75) is 51.2 Å². The maximum absolute atomic E-state index is 13.1. The van der Waals surface area contributed by atoms with E-state index in [0.717, 1.165) is 64.9 Å². The second-order valence-electron chi connectivity index (χ2n) is 9.14. The number of carbonyl (C=O) groups excluding carboxylic acids is 1. The lowest BCUT2D eigenvalue weighted by molar-refractivity contribution is 0.0155. The Bertz CT molecular complexity index is 1320. The predicted octanol–water partition coefficient (Wildman–Crippen LogP) is 4.81. The third kappa shape index (κ3) is 4.36. The minimum Gasteiger partial charge on any atom is -0.459 e. The number of pyridine rings is 2. The summed E-state index contributed by atoms with van der Waals surface area (Å²) in [5.74, 6) is -0.326. The lowest BCUT2D eigenvalue weighted by atomic mass is 9.83. The molecule has 0 saturated heterocycles. The Kier molecular flexibility index (Phi) is 5.42. The van der Waals surface area contributed by atoms with E-state index in [9.17, 15) is 4.79 Å². The predicted molar refractivity (Wildman–Crippen MR) is 128 cm³/mol. The highest BCUT2D eigenvalue weighted by Gasteiger charge is 2.30. The van der Waals surface area contributed by atoms with Crippen LogP contribution in [-0.4, -0.2) is 37.5 Å². The first kappa shape index (κ1) is 21.3. The van der Waals surface area contributed by atoms with Gasteiger partial charge in [0.25, 0.3) is 0 Å². The maximum atomic E-state index is 13.1. The molecule has 5 rings (SSSR count). The molecule has 0 spiro atoms. The molecule has 1 fully saturated rings. The number of carbonyl (C=O) groups is 1. The van der Waals surface area contributed by atoms with Gasteiger partial charge in [0.1, 0.15) is 6.10 Å². The van der Waals surface area contributed by atoms with Crippen molar-refractivity contribution in [3.05, 3.63) is 66.2 Å².